The van der Waals surface area contributed by atoms with Crippen molar-refractivity contribution in [2.75, 3.05) is 11.9 Å². The van der Waals surface area contributed by atoms with E-state index >= 15 is 0 Å². The summed E-state index contributed by atoms with van der Waals surface area (Å²) in [6, 6.07) is 2.47. The van der Waals surface area contributed by atoms with E-state index in [1.165, 1.54) is 12.1 Å². The van der Waals surface area contributed by atoms with Crippen LogP contribution in [-0.4, -0.2) is 30.0 Å². The van der Waals surface area contributed by atoms with Gasteiger partial charge in [-0.3, -0.25) is 5.32 Å². The zero-order valence-electron chi connectivity index (χ0n) is 8.08. The van der Waals surface area contributed by atoms with Crippen LogP contribution in [0.2, 0.25) is 0 Å². The van der Waals surface area contributed by atoms with Crippen molar-refractivity contribution >= 4 is 28.4 Å². The van der Waals surface area contributed by atoms with Crippen molar-refractivity contribution in [3.8, 4) is 0 Å². The third-order valence-electron chi connectivity index (χ3n) is 1.41. The van der Waals surface area contributed by atoms with Crippen LogP contribution in [-0.2, 0) is 4.74 Å². The van der Waals surface area contributed by atoms with Crippen molar-refractivity contribution in [2.24, 2.45) is 0 Å². The first-order chi connectivity index (χ1) is 7.78. The number of hydrogen-bond acceptors (Lipinski definition) is 4. The van der Waals surface area contributed by atoms with Crippen molar-refractivity contribution in [3.05, 3.63) is 17.0 Å². The number of alkyl halides is 3. The third kappa shape index (κ3) is 4.72. The fourth-order valence-electron chi connectivity index (χ4n) is 0.804. The molecule has 1 aromatic heterocycles. The van der Waals surface area contributed by atoms with Gasteiger partial charge >= 0.3 is 18.2 Å². The quantitative estimate of drug-likeness (QED) is 0.884. The van der Waals surface area contributed by atoms with E-state index in [4.69, 9.17) is 5.11 Å². The van der Waals surface area contributed by atoms with Crippen molar-refractivity contribution in [2.45, 2.75) is 6.18 Å². The summed E-state index contributed by atoms with van der Waals surface area (Å²) in [5.41, 5.74) is 0. The second-order valence-corrected chi connectivity index (χ2v) is 3.87. The SMILES string of the molecule is O=C(Nc1ccc(C(=O)O)s1)OCC(F)(F)F. The molecule has 0 bridgehead atoms. The van der Waals surface area contributed by atoms with E-state index in [2.05, 4.69) is 4.74 Å². The van der Waals surface area contributed by atoms with E-state index in [1.54, 1.807) is 0 Å². The molecule has 0 saturated heterocycles. The summed E-state index contributed by atoms with van der Waals surface area (Å²) in [6.45, 7) is -1.70. The summed E-state index contributed by atoms with van der Waals surface area (Å²) in [5.74, 6) is -1.19. The Kier molecular flexibility index (Phi) is 3.94. The lowest BCUT2D eigenvalue weighted by Crippen LogP contribution is -2.23. The summed E-state index contributed by atoms with van der Waals surface area (Å²) in [4.78, 5) is 21.3. The van der Waals surface area contributed by atoms with Crippen LogP contribution in [0.1, 0.15) is 9.67 Å². The van der Waals surface area contributed by atoms with E-state index in [-0.39, 0.29) is 9.88 Å². The molecule has 0 fully saturated rings. The largest absolute Gasteiger partial charge is 0.477 e. The number of carbonyl (C=O) groups is 2. The lowest BCUT2D eigenvalue weighted by atomic mass is 10.5. The summed E-state index contributed by atoms with van der Waals surface area (Å²) in [7, 11) is 0. The van der Waals surface area contributed by atoms with Gasteiger partial charge in [0.2, 0.25) is 0 Å². The molecule has 1 aromatic rings. The number of carboxylic acids is 1. The third-order valence-corrected chi connectivity index (χ3v) is 2.40. The number of hydrogen-bond donors (Lipinski definition) is 2. The number of rotatable bonds is 3. The van der Waals surface area contributed by atoms with E-state index in [0.717, 1.165) is 0 Å². The molecule has 0 unspecified atom stereocenters. The number of ether oxygens (including phenoxy) is 1. The van der Waals surface area contributed by atoms with Crippen LogP contribution in [0.3, 0.4) is 0 Å². The van der Waals surface area contributed by atoms with Gasteiger partial charge < -0.3 is 9.84 Å². The molecule has 94 valence electrons. The number of halogens is 3. The average molecular weight is 269 g/mol. The standard InChI is InChI=1S/C8H6F3NO4S/c9-8(10,11)3-16-7(15)12-5-2-1-4(17-5)6(13)14/h1-2H,3H2,(H,12,15)(H,13,14). The van der Waals surface area contributed by atoms with E-state index in [0.29, 0.717) is 11.3 Å². The molecule has 0 aliphatic rings. The number of nitrogens with one attached hydrogen (secondary N) is 1. The number of carbonyl (C=O) groups excluding carboxylic acids is 1. The van der Waals surface area contributed by atoms with Crippen LogP contribution < -0.4 is 5.32 Å². The highest BCUT2D eigenvalue weighted by Gasteiger charge is 2.29. The van der Waals surface area contributed by atoms with Gasteiger partial charge in [0.15, 0.2) is 6.61 Å². The molecule has 1 rings (SSSR count). The Balaban J connectivity index is 2.48. The van der Waals surface area contributed by atoms with Crippen LogP contribution in [0.25, 0.3) is 0 Å². The molecule has 0 aliphatic carbocycles. The number of amides is 1. The highest BCUT2D eigenvalue weighted by atomic mass is 32.1. The maximum Gasteiger partial charge on any atom is 0.422 e. The Morgan fingerprint density at radius 3 is 2.53 bits per heavy atom. The van der Waals surface area contributed by atoms with Crippen molar-refractivity contribution < 1.29 is 32.6 Å². The van der Waals surface area contributed by atoms with E-state index in [1.807, 2.05) is 5.32 Å². The normalized spacial score (nSPS) is 11.0. The van der Waals surface area contributed by atoms with Gasteiger partial charge in [-0.1, -0.05) is 0 Å². The van der Waals surface area contributed by atoms with Gasteiger partial charge in [0, 0.05) is 0 Å². The maximum atomic E-state index is 11.7. The summed E-state index contributed by atoms with van der Waals surface area (Å²) >= 11 is 0.710. The van der Waals surface area contributed by atoms with Crippen LogP contribution in [0.15, 0.2) is 12.1 Å². The van der Waals surface area contributed by atoms with Crippen LogP contribution >= 0.6 is 11.3 Å². The summed E-state index contributed by atoms with van der Waals surface area (Å²) in [5, 5.41) is 10.6. The monoisotopic (exact) mass is 269 g/mol. The van der Waals surface area contributed by atoms with Gasteiger partial charge in [-0.05, 0) is 12.1 Å². The highest BCUT2D eigenvalue weighted by molar-refractivity contribution is 7.18. The van der Waals surface area contributed by atoms with Gasteiger partial charge in [-0.25, -0.2) is 9.59 Å². The first kappa shape index (κ1) is 13.3. The lowest BCUT2D eigenvalue weighted by Gasteiger charge is -2.07. The molecule has 1 amide bonds. The highest BCUT2D eigenvalue weighted by Crippen LogP contribution is 2.22. The second kappa shape index (κ2) is 5.04. The van der Waals surface area contributed by atoms with Crippen molar-refractivity contribution in [3.63, 3.8) is 0 Å². The first-order valence-corrected chi connectivity index (χ1v) is 4.93. The molecule has 0 radical (unpaired) electrons. The van der Waals surface area contributed by atoms with Gasteiger partial charge in [0.25, 0.3) is 0 Å². The Morgan fingerprint density at radius 2 is 2.06 bits per heavy atom. The van der Waals surface area contributed by atoms with Crippen LogP contribution in [0.4, 0.5) is 23.0 Å². The Morgan fingerprint density at radius 1 is 1.41 bits per heavy atom. The van der Waals surface area contributed by atoms with Gasteiger partial charge in [-0.15, -0.1) is 11.3 Å². The predicted molar refractivity (Wildman–Crippen MR) is 52.3 cm³/mol. The number of anilines is 1. The molecule has 2 N–H and O–H groups in total. The fourth-order valence-corrected chi connectivity index (χ4v) is 1.53. The number of carboxylic acid groups (broad SMARTS) is 1. The van der Waals surface area contributed by atoms with E-state index in [9.17, 15) is 22.8 Å². The van der Waals surface area contributed by atoms with Crippen LogP contribution in [0, 0.1) is 0 Å². The molecule has 0 aromatic carbocycles. The molecule has 0 spiro atoms. The number of thiophene rings is 1. The molecule has 9 heteroatoms. The van der Waals surface area contributed by atoms with Crippen molar-refractivity contribution in [1.82, 2.24) is 0 Å². The van der Waals surface area contributed by atoms with E-state index < -0.39 is 24.8 Å². The minimum absolute atomic E-state index is 0.0453. The topological polar surface area (TPSA) is 75.6 Å². The average Bonchev–Trinajstić information content (AvgIpc) is 2.62. The molecule has 17 heavy (non-hydrogen) atoms. The molecule has 1 heterocycles. The molecular weight excluding hydrogens is 263 g/mol. The molecule has 0 saturated carbocycles. The smallest absolute Gasteiger partial charge is 0.422 e. The molecule has 5 nitrogen and oxygen atoms in total. The Bertz CT molecular complexity index is 429. The Hall–Kier alpha value is -1.77. The van der Waals surface area contributed by atoms with Gasteiger partial charge in [-0.2, -0.15) is 13.2 Å². The summed E-state index contributed by atoms with van der Waals surface area (Å²) < 4.78 is 38.9. The minimum Gasteiger partial charge on any atom is -0.477 e. The van der Waals surface area contributed by atoms with Gasteiger partial charge in [0.1, 0.15) is 4.88 Å². The number of aromatic carboxylic acids is 1. The minimum atomic E-state index is -4.60. The molecular formula is C8H6F3NO4S. The predicted octanol–water partition coefficient (Wildman–Crippen LogP) is 2.56. The first-order valence-electron chi connectivity index (χ1n) is 4.11. The molecule has 0 atom stereocenters. The second-order valence-electron chi connectivity index (χ2n) is 2.79. The lowest BCUT2D eigenvalue weighted by molar-refractivity contribution is -0.159. The zero-order chi connectivity index (χ0) is 13.1. The zero-order valence-corrected chi connectivity index (χ0v) is 8.89. The van der Waals surface area contributed by atoms with Gasteiger partial charge in [0.05, 0.1) is 5.00 Å². The fraction of sp³-hybridized carbons (Fsp3) is 0.250. The summed E-state index contributed by atoms with van der Waals surface area (Å²) in [6.07, 6.45) is -5.89. The molecule has 0 aliphatic heterocycles. The van der Waals surface area contributed by atoms with Crippen LogP contribution in [0.5, 0.6) is 0 Å². The maximum absolute atomic E-state index is 11.7. The Labute approximate surface area is 96.8 Å². The van der Waals surface area contributed by atoms with Crippen molar-refractivity contribution in [1.29, 1.82) is 0 Å².